The maximum Gasteiger partial charge on any atom is 0.240 e. The first-order chi connectivity index (χ1) is 9.06. The van der Waals surface area contributed by atoms with Crippen LogP contribution >= 0.6 is 0 Å². The molecule has 0 saturated heterocycles. The first kappa shape index (κ1) is 12.9. The van der Waals surface area contributed by atoms with Gasteiger partial charge in [-0.05, 0) is 54.9 Å². The van der Waals surface area contributed by atoms with Crippen molar-refractivity contribution in [3.8, 4) is 0 Å². The fraction of sp³-hybridized carbons (Fsp3) is 0.571. The minimum Gasteiger partial charge on any atom is -0.385 e. The maximum absolute atomic E-state index is 12.2. The van der Waals surface area contributed by atoms with E-state index in [9.17, 15) is 8.42 Å². The topological polar surface area (TPSA) is 58.2 Å². The van der Waals surface area contributed by atoms with Crippen molar-refractivity contribution in [1.82, 2.24) is 4.72 Å². The number of benzene rings is 1. The second-order valence-corrected chi connectivity index (χ2v) is 7.44. The smallest absolute Gasteiger partial charge is 0.240 e. The molecule has 4 nitrogen and oxygen atoms in total. The van der Waals surface area contributed by atoms with Gasteiger partial charge in [-0.1, -0.05) is 6.92 Å². The highest BCUT2D eigenvalue weighted by atomic mass is 32.2. The Hall–Kier alpha value is -1.07. The summed E-state index contributed by atoms with van der Waals surface area (Å²) in [5.41, 5.74) is 2.18. The van der Waals surface area contributed by atoms with Gasteiger partial charge in [-0.25, -0.2) is 13.1 Å². The van der Waals surface area contributed by atoms with E-state index >= 15 is 0 Å². The summed E-state index contributed by atoms with van der Waals surface area (Å²) < 4.78 is 27.2. The molecule has 1 aliphatic heterocycles. The third-order valence-corrected chi connectivity index (χ3v) is 5.56. The molecule has 1 saturated carbocycles. The summed E-state index contributed by atoms with van der Waals surface area (Å²) in [6.07, 6.45) is 3.14. The first-order valence-electron chi connectivity index (χ1n) is 6.93. The Balaban J connectivity index is 1.76. The van der Waals surface area contributed by atoms with Gasteiger partial charge in [0.1, 0.15) is 0 Å². The van der Waals surface area contributed by atoms with Gasteiger partial charge in [0.05, 0.1) is 4.90 Å². The molecular weight excluding hydrogens is 260 g/mol. The van der Waals surface area contributed by atoms with Crippen LogP contribution in [-0.2, 0) is 16.4 Å². The van der Waals surface area contributed by atoms with Gasteiger partial charge >= 0.3 is 0 Å². The molecule has 1 aromatic rings. The average molecular weight is 280 g/mol. The van der Waals surface area contributed by atoms with Gasteiger partial charge in [-0.2, -0.15) is 0 Å². The number of hydrogen-bond acceptors (Lipinski definition) is 3. The first-order valence-corrected chi connectivity index (χ1v) is 8.41. The summed E-state index contributed by atoms with van der Waals surface area (Å²) in [5, 5.41) is 3.29. The van der Waals surface area contributed by atoms with E-state index in [1.165, 1.54) is 0 Å². The average Bonchev–Trinajstić information content (AvgIpc) is 3.12. The van der Waals surface area contributed by atoms with Crippen molar-refractivity contribution in [3.05, 3.63) is 23.8 Å². The maximum atomic E-state index is 12.2. The predicted octanol–water partition coefficient (Wildman–Crippen LogP) is 1.98. The molecule has 3 rings (SSSR count). The van der Waals surface area contributed by atoms with Gasteiger partial charge in [-0.15, -0.1) is 0 Å². The highest BCUT2D eigenvalue weighted by Crippen LogP contribution is 2.37. The van der Waals surface area contributed by atoms with Gasteiger partial charge in [0.2, 0.25) is 10.0 Å². The van der Waals surface area contributed by atoms with Crippen LogP contribution in [0.5, 0.6) is 0 Å². The van der Waals surface area contributed by atoms with Gasteiger partial charge in [0.15, 0.2) is 0 Å². The highest BCUT2D eigenvalue weighted by molar-refractivity contribution is 7.89. The van der Waals surface area contributed by atoms with Crippen molar-refractivity contribution in [1.29, 1.82) is 0 Å². The third kappa shape index (κ3) is 2.77. The van der Waals surface area contributed by atoms with E-state index in [2.05, 4.69) is 17.0 Å². The van der Waals surface area contributed by atoms with Gasteiger partial charge in [-0.3, -0.25) is 0 Å². The largest absolute Gasteiger partial charge is 0.385 e. The van der Waals surface area contributed by atoms with Crippen molar-refractivity contribution >= 4 is 15.7 Å². The molecule has 0 radical (unpaired) electrons. The molecule has 1 heterocycles. The zero-order valence-corrected chi connectivity index (χ0v) is 12.0. The van der Waals surface area contributed by atoms with Crippen molar-refractivity contribution in [2.75, 3.05) is 18.4 Å². The van der Waals surface area contributed by atoms with Crippen molar-refractivity contribution in [2.24, 2.45) is 11.8 Å². The minimum atomic E-state index is -3.35. The minimum absolute atomic E-state index is 0.392. The van der Waals surface area contributed by atoms with Gasteiger partial charge < -0.3 is 5.32 Å². The summed E-state index contributed by atoms with van der Waals surface area (Å²) in [6, 6.07) is 5.37. The molecule has 19 heavy (non-hydrogen) atoms. The molecule has 1 aromatic carbocycles. The fourth-order valence-corrected chi connectivity index (χ4v) is 3.75. The molecule has 0 spiro atoms. The van der Waals surface area contributed by atoms with E-state index in [0.29, 0.717) is 23.3 Å². The number of aryl methyl sites for hydroxylation is 1. The molecule has 0 aromatic heterocycles. The van der Waals surface area contributed by atoms with Crippen LogP contribution in [0.25, 0.3) is 0 Å². The van der Waals surface area contributed by atoms with Crippen molar-refractivity contribution in [2.45, 2.75) is 31.1 Å². The lowest BCUT2D eigenvalue weighted by molar-refractivity contribution is 0.574. The van der Waals surface area contributed by atoms with Crippen molar-refractivity contribution < 1.29 is 8.42 Å². The van der Waals surface area contributed by atoms with Crippen LogP contribution in [-0.4, -0.2) is 21.5 Å². The summed E-state index contributed by atoms with van der Waals surface area (Å²) >= 11 is 0. The molecule has 2 unspecified atom stereocenters. The molecule has 1 fully saturated rings. The Morgan fingerprint density at radius 1 is 1.42 bits per heavy atom. The zero-order chi connectivity index (χ0) is 13.5. The lowest BCUT2D eigenvalue weighted by atomic mass is 10.0. The fourth-order valence-electron chi connectivity index (χ4n) is 2.60. The SMILES string of the molecule is CC1CC1CNS(=O)(=O)c1ccc2c(c1)CCCN2. The van der Waals surface area contributed by atoms with Gasteiger partial charge in [0.25, 0.3) is 0 Å². The van der Waals surface area contributed by atoms with Crippen LogP contribution in [0.15, 0.2) is 23.1 Å². The summed E-state index contributed by atoms with van der Waals surface area (Å²) in [4.78, 5) is 0.392. The van der Waals surface area contributed by atoms with Crippen LogP contribution in [0.4, 0.5) is 5.69 Å². The summed E-state index contributed by atoms with van der Waals surface area (Å²) in [5.74, 6) is 1.18. The van der Waals surface area contributed by atoms with E-state index in [1.54, 1.807) is 12.1 Å². The zero-order valence-electron chi connectivity index (χ0n) is 11.1. The van der Waals surface area contributed by atoms with E-state index in [4.69, 9.17) is 0 Å². The standard InChI is InChI=1S/C14H20N2O2S/c1-10-7-12(10)9-16-19(17,18)13-4-5-14-11(8-13)3-2-6-15-14/h4-5,8,10,12,15-16H,2-3,6-7,9H2,1H3. The van der Waals surface area contributed by atoms with Crippen molar-refractivity contribution in [3.63, 3.8) is 0 Å². The normalized spacial score (nSPS) is 25.5. The molecule has 2 aliphatic rings. The molecule has 0 bridgehead atoms. The molecule has 0 amide bonds. The quantitative estimate of drug-likeness (QED) is 0.886. The highest BCUT2D eigenvalue weighted by Gasteiger charge is 2.33. The molecular formula is C14H20N2O2S. The lowest BCUT2D eigenvalue weighted by Gasteiger charge is -2.18. The molecule has 2 N–H and O–H groups in total. The molecule has 5 heteroatoms. The number of anilines is 1. The Labute approximate surface area is 114 Å². The summed E-state index contributed by atoms with van der Waals surface area (Å²) in [6.45, 7) is 3.69. The number of sulfonamides is 1. The third-order valence-electron chi connectivity index (χ3n) is 4.14. The Morgan fingerprint density at radius 3 is 2.95 bits per heavy atom. The lowest BCUT2D eigenvalue weighted by Crippen LogP contribution is -2.26. The van der Waals surface area contributed by atoms with Crippen LogP contribution < -0.4 is 10.0 Å². The van der Waals surface area contributed by atoms with E-state index < -0.39 is 10.0 Å². The summed E-state index contributed by atoms with van der Waals surface area (Å²) in [7, 11) is -3.35. The number of hydrogen-bond donors (Lipinski definition) is 2. The van der Waals surface area contributed by atoms with Crippen LogP contribution in [0.3, 0.4) is 0 Å². The van der Waals surface area contributed by atoms with Crippen LogP contribution in [0, 0.1) is 11.8 Å². The van der Waals surface area contributed by atoms with E-state index in [-0.39, 0.29) is 0 Å². The second-order valence-electron chi connectivity index (χ2n) is 5.67. The van der Waals surface area contributed by atoms with E-state index in [1.807, 2.05) is 6.07 Å². The Bertz CT molecular complexity index is 583. The Kier molecular flexibility index (Phi) is 3.27. The number of nitrogens with one attached hydrogen (secondary N) is 2. The Morgan fingerprint density at radius 2 is 2.21 bits per heavy atom. The van der Waals surface area contributed by atoms with Crippen LogP contribution in [0.1, 0.15) is 25.3 Å². The number of fused-ring (bicyclic) bond motifs is 1. The molecule has 1 aliphatic carbocycles. The van der Waals surface area contributed by atoms with E-state index in [0.717, 1.165) is 37.1 Å². The molecule has 104 valence electrons. The number of rotatable bonds is 4. The second kappa shape index (κ2) is 4.80. The molecule has 2 atom stereocenters. The monoisotopic (exact) mass is 280 g/mol. The van der Waals surface area contributed by atoms with Crippen LogP contribution in [0.2, 0.25) is 0 Å². The van der Waals surface area contributed by atoms with Gasteiger partial charge in [0, 0.05) is 18.8 Å². The predicted molar refractivity (Wildman–Crippen MR) is 75.7 cm³/mol.